The molecule has 9 nitrogen and oxygen atoms in total. The second-order valence-corrected chi connectivity index (χ2v) is 7.98. The van der Waals surface area contributed by atoms with Crippen molar-refractivity contribution < 1.29 is 9.47 Å². The van der Waals surface area contributed by atoms with Gasteiger partial charge in [0, 0.05) is 58.3 Å². The van der Waals surface area contributed by atoms with Gasteiger partial charge in [0.2, 0.25) is 0 Å². The predicted octanol–water partition coefficient (Wildman–Crippen LogP) is 2.14. The van der Waals surface area contributed by atoms with Gasteiger partial charge < -0.3 is 24.3 Å². The number of hydrogen-bond donors (Lipinski definition) is 1. The minimum absolute atomic E-state index is 0. The highest BCUT2D eigenvalue weighted by atomic mass is 127. The average Bonchev–Trinajstić information content (AvgIpc) is 3.23. The van der Waals surface area contributed by atoms with E-state index in [9.17, 15) is 0 Å². The summed E-state index contributed by atoms with van der Waals surface area (Å²) in [6.45, 7) is 6.27. The number of fused-ring (bicyclic) bond motifs is 1. The van der Waals surface area contributed by atoms with E-state index in [-0.39, 0.29) is 24.0 Å². The van der Waals surface area contributed by atoms with Crippen LogP contribution in [0.15, 0.2) is 23.2 Å². The number of benzene rings is 1. The zero-order valence-electron chi connectivity index (χ0n) is 19.2. The number of guanidine groups is 1. The van der Waals surface area contributed by atoms with E-state index in [0.717, 1.165) is 80.4 Å². The highest BCUT2D eigenvalue weighted by Crippen LogP contribution is 2.25. The van der Waals surface area contributed by atoms with E-state index in [1.54, 1.807) is 14.2 Å². The van der Waals surface area contributed by atoms with Crippen molar-refractivity contribution in [1.29, 1.82) is 0 Å². The molecule has 1 fully saturated rings. The molecule has 1 aromatic carbocycles. The fourth-order valence-electron chi connectivity index (χ4n) is 4.35. The summed E-state index contributed by atoms with van der Waals surface area (Å²) in [5.41, 5.74) is 1.15. The molecule has 2 aliphatic rings. The van der Waals surface area contributed by atoms with Crippen LogP contribution in [0.3, 0.4) is 0 Å². The van der Waals surface area contributed by atoms with Crippen LogP contribution in [0.2, 0.25) is 0 Å². The van der Waals surface area contributed by atoms with Crippen LogP contribution in [-0.4, -0.2) is 78.0 Å². The van der Waals surface area contributed by atoms with E-state index in [2.05, 4.69) is 40.9 Å². The largest absolute Gasteiger partial charge is 0.497 e. The topological polar surface area (TPSA) is 80.0 Å². The van der Waals surface area contributed by atoms with Gasteiger partial charge in [-0.05, 0) is 31.0 Å². The molecule has 1 N–H and O–H groups in total. The predicted molar refractivity (Wildman–Crippen MR) is 135 cm³/mol. The van der Waals surface area contributed by atoms with Crippen LogP contribution in [0.5, 0.6) is 11.5 Å². The van der Waals surface area contributed by atoms with Crippen molar-refractivity contribution in [3.05, 3.63) is 35.4 Å². The normalized spacial score (nSPS) is 16.8. The third-order valence-corrected chi connectivity index (χ3v) is 6.11. The average molecular weight is 555 g/mol. The summed E-state index contributed by atoms with van der Waals surface area (Å²) in [4.78, 5) is 9.25. The van der Waals surface area contributed by atoms with Gasteiger partial charge >= 0.3 is 0 Å². The Kier molecular flexibility index (Phi) is 8.97. The van der Waals surface area contributed by atoms with Crippen molar-refractivity contribution in [2.24, 2.45) is 4.99 Å². The summed E-state index contributed by atoms with van der Waals surface area (Å²) in [7, 11) is 5.25. The van der Waals surface area contributed by atoms with Crippen molar-refractivity contribution >= 4 is 29.9 Å². The maximum Gasteiger partial charge on any atom is 0.194 e. The van der Waals surface area contributed by atoms with Gasteiger partial charge in [0.25, 0.3) is 0 Å². The van der Waals surface area contributed by atoms with E-state index in [4.69, 9.17) is 9.47 Å². The fraction of sp³-hybridized carbons (Fsp3) is 0.591. The summed E-state index contributed by atoms with van der Waals surface area (Å²) >= 11 is 0. The van der Waals surface area contributed by atoms with Gasteiger partial charge in [-0.1, -0.05) is 0 Å². The molecule has 0 spiro atoms. The molecule has 1 saturated heterocycles. The van der Waals surface area contributed by atoms with Crippen molar-refractivity contribution in [3.8, 4) is 11.5 Å². The molecule has 2 aromatic rings. The molecule has 176 valence electrons. The van der Waals surface area contributed by atoms with Crippen LogP contribution in [0, 0.1) is 0 Å². The van der Waals surface area contributed by atoms with Gasteiger partial charge in [0.15, 0.2) is 11.8 Å². The second-order valence-electron chi connectivity index (χ2n) is 7.98. The minimum Gasteiger partial charge on any atom is -0.497 e. The van der Waals surface area contributed by atoms with Gasteiger partial charge in [-0.25, -0.2) is 0 Å². The quantitative estimate of drug-likeness (QED) is 0.333. The molecule has 0 saturated carbocycles. The first-order valence-electron chi connectivity index (χ1n) is 11.0. The van der Waals surface area contributed by atoms with Crippen LogP contribution in [0.25, 0.3) is 0 Å². The van der Waals surface area contributed by atoms with Gasteiger partial charge in [-0.3, -0.25) is 9.89 Å². The van der Waals surface area contributed by atoms with E-state index in [1.165, 1.54) is 12.8 Å². The number of nitrogens with zero attached hydrogens (tertiary/aromatic N) is 6. The third-order valence-electron chi connectivity index (χ3n) is 6.11. The molecule has 3 heterocycles. The van der Waals surface area contributed by atoms with Crippen LogP contribution < -0.4 is 14.8 Å². The molecule has 0 amide bonds. The van der Waals surface area contributed by atoms with Gasteiger partial charge in [-0.15, -0.1) is 34.2 Å². The van der Waals surface area contributed by atoms with E-state index < -0.39 is 0 Å². The van der Waals surface area contributed by atoms with Gasteiger partial charge in [0.05, 0.1) is 20.8 Å². The number of hydrogen-bond acceptors (Lipinski definition) is 6. The first-order chi connectivity index (χ1) is 15.2. The number of rotatable bonds is 6. The number of aryl methyl sites for hydroxylation is 1. The Morgan fingerprint density at radius 1 is 1.06 bits per heavy atom. The maximum absolute atomic E-state index is 5.54. The molecule has 32 heavy (non-hydrogen) atoms. The van der Waals surface area contributed by atoms with Gasteiger partial charge in [0.1, 0.15) is 17.3 Å². The summed E-state index contributed by atoms with van der Waals surface area (Å²) in [6, 6.07) is 5.97. The van der Waals surface area contributed by atoms with Crippen molar-refractivity contribution in [2.45, 2.75) is 38.9 Å². The van der Waals surface area contributed by atoms with E-state index in [1.807, 2.05) is 19.2 Å². The van der Waals surface area contributed by atoms with Crippen molar-refractivity contribution in [2.75, 3.05) is 47.4 Å². The molecule has 0 bridgehead atoms. The standard InChI is InChI=1S/C22H33N7O2.HI/c1-23-22(24-15-21-26-25-20-6-4-5-9-29(20)21)28-12-10-27(11-13-28)16-17-14-18(30-2)7-8-19(17)31-3;/h7-8,14H,4-6,9-13,15-16H2,1-3H3,(H,23,24);1H. The van der Waals surface area contributed by atoms with Crippen LogP contribution in [0.4, 0.5) is 0 Å². The monoisotopic (exact) mass is 555 g/mol. The van der Waals surface area contributed by atoms with Crippen molar-refractivity contribution in [1.82, 2.24) is 29.9 Å². The molecule has 1 aromatic heterocycles. The number of halogens is 1. The Balaban J connectivity index is 0.00000289. The number of piperazine rings is 1. The number of aromatic nitrogens is 3. The zero-order chi connectivity index (χ0) is 21.6. The highest BCUT2D eigenvalue weighted by Gasteiger charge is 2.22. The number of nitrogens with one attached hydrogen (secondary N) is 1. The number of aliphatic imine (C=N–C) groups is 1. The molecule has 0 aliphatic carbocycles. The first-order valence-corrected chi connectivity index (χ1v) is 11.0. The van der Waals surface area contributed by atoms with Crippen LogP contribution in [-0.2, 0) is 26.1 Å². The molecule has 2 aliphatic heterocycles. The van der Waals surface area contributed by atoms with Crippen molar-refractivity contribution in [3.63, 3.8) is 0 Å². The lowest BCUT2D eigenvalue weighted by Gasteiger charge is -2.36. The Morgan fingerprint density at radius 3 is 2.59 bits per heavy atom. The minimum atomic E-state index is 0. The lowest BCUT2D eigenvalue weighted by molar-refractivity contribution is 0.171. The second kappa shape index (κ2) is 11.7. The Morgan fingerprint density at radius 2 is 1.88 bits per heavy atom. The molecular weight excluding hydrogens is 521 g/mol. The summed E-state index contributed by atoms with van der Waals surface area (Å²) < 4.78 is 13.2. The SMILES string of the molecule is CN=C(NCc1nnc2n1CCCC2)N1CCN(Cc2cc(OC)ccc2OC)CC1.I. The molecule has 0 unspecified atom stereocenters. The molecule has 10 heteroatoms. The molecule has 0 radical (unpaired) electrons. The lowest BCUT2D eigenvalue weighted by atomic mass is 10.1. The van der Waals surface area contributed by atoms with Crippen LogP contribution >= 0.6 is 24.0 Å². The number of methoxy groups -OCH3 is 2. The Bertz CT molecular complexity index is 910. The van der Waals surface area contributed by atoms with E-state index >= 15 is 0 Å². The third kappa shape index (κ3) is 5.64. The van der Waals surface area contributed by atoms with Crippen LogP contribution in [0.1, 0.15) is 30.1 Å². The smallest absolute Gasteiger partial charge is 0.194 e. The maximum atomic E-state index is 5.54. The summed E-state index contributed by atoms with van der Waals surface area (Å²) in [6.07, 6.45) is 3.44. The Hall–Kier alpha value is -2.08. The molecule has 4 rings (SSSR count). The molecule has 0 atom stereocenters. The zero-order valence-corrected chi connectivity index (χ0v) is 21.5. The first kappa shape index (κ1) is 24.6. The number of ether oxygens (including phenoxy) is 2. The fourth-order valence-corrected chi connectivity index (χ4v) is 4.35. The summed E-state index contributed by atoms with van der Waals surface area (Å²) in [5, 5.41) is 12.2. The molecular formula is C22H34IN7O2. The summed E-state index contributed by atoms with van der Waals surface area (Å²) in [5.74, 6) is 4.79. The van der Waals surface area contributed by atoms with E-state index in [0.29, 0.717) is 6.54 Å². The lowest BCUT2D eigenvalue weighted by Crippen LogP contribution is -2.52. The highest BCUT2D eigenvalue weighted by molar-refractivity contribution is 14.0. The van der Waals surface area contributed by atoms with Gasteiger partial charge in [-0.2, -0.15) is 0 Å². The Labute approximate surface area is 207 Å².